The van der Waals surface area contributed by atoms with Crippen LogP contribution in [0.3, 0.4) is 0 Å². The summed E-state index contributed by atoms with van der Waals surface area (Å²) in [6.45, 7) is 2.48. The Morgan fingerprint density at radius 2 is 1.96 bits per heavy atom. The van der Waals surface area contributed by atoms with Gasteiger partial charge in [-0.3, -0.25) is 9.20 Å². The first kappa shape index (κ1) is 17.6. The summed E-state index contributed by atoms with van der Waals surface area (Å²) in [5, 5.41) is 0. The third-order valence-corrected chi connectivity index (χ3v) is 4.27. The second-order valence-corrected chi connectivity index (χ2v) is 6.14. The maximum atomic E-state index is 12.1. The molecule has 0 unspecified atom stereocenters. The molecule has 0 saturated carbocycles. The van der Waals surface area contributed by atoms with Crippen molar-refractivity contribution in [1.82, 2.24) is 14.4 Å². The summed E-state index contributed by atoms with van der Waals surface area (Å²) < 4.78 is 17.1. The Labute approximate surface area is 152 Å². The van der Waals surface area contributed by atoms with Crippen LogP contribution in [0.1, 0.15) is 16.2 Å². The SMILES string of the molecule is COC(=O)Cc1c(C(=O)OC)nc2c(N3CCOCC3)nc(Br)cn12. The molecule has 0 bridgehead atoms. The van der Waals surface area contributed by atoms with E-state index in [1.165, 1.54) is 14.2 Å². The quantitative estimate of drug-likeness (QED) is 0.681. The number of anilines is 1. The molecule has 3 heterocycles. The average Bonchev–Trinajstić information content (AvgIpc) is 2.99. The number of fused-ring (bicyclic) bond motifs is 1. The monoisotopic (exact) mass is 412 g/mol. The van der Waals surface area contributed by atoms with E-state index in [4.69, 9.17) is 14.2 Å². The second-order valence-electron chi connectivity index (χ2n) is 5.33. The summed E-state index contributed by atoms with van der Waals surface area (Å²) in [5.41, 5.74) is 0.943. The fraction of sp³-hybridized carbons (Fsp3) is 0.467. The normalized spacial score (nSPS) is 14.6. The number of rotatable bonds is 4. The molecule has 9 nitrogen and oxygen atoms in total. The lowest BCUT2D eigenvalue weighted by atomic mass is 10.2. The maximum Gasteiger partial charge on any atom is 0.358 e. The van der Waals surface area contributed by atoms with E-state index in [2.05, 4.69) is 25.9 Å². The molecule has 134 valence electrons. The Morgan fingerprint density at radius 1 is 1.24 bits per heavy atom. The van der Waals surface area contributed by atoms with E-state index in [-0.39, 0.29) is 12.1 Å². The van der Waals surface area contributed by atoms with Gasteiger partial charge in [-0.2, -0.15) is 0 Å². The van der Waals surface area contributed by atoms with Crippen LogP contribution in [0, 0.1) is 0 Å². The van der Waals surface area contributed by atoms with Gasteiger partial charge in [0.1, 0.15) is 4.60 Å². The topological polar surface area (TPSA) is 95.3 Å². The molecule has 10 heteroatoms. The van der Waals surface area contributed by atoms with Gasteiger partial charge in [0.15, 0.2) is 17.2 Å². The Kier molecular flexibility index (Phi) is 5.19. The molecule has 1 aliphatic heterocycles. The summed E-state index contributed by atoms with van der Waals surface area (Å²) in [6.07, 6.45) is 1.55. The number of hydrogen-bond acceptors (Lipinski definition) is 8. The van der Waals surface area contributed by atoms with Gasteiger partial charge >= 0.3 is 11.9 Å². The van der Waals surface area contributed by atoms with Gasteiger partial charge in [0, 0.05) is 19.3 Å². The third kappa shape index (κ3) is 3.45. The number of methoxy groups -OCH3 is 2. The van der Waals surface area contributed by atoms with Crippen molar-refractivity contribution in [3.05, 3.63) is 22.2 Å². The molecule has 25 heavy (non-hydrogen) atoms. The van der Waals surface area contributed by atoms with Crippen LogP contribution >= 0.6 is 15.9 Å². The van der Waals surface area contributed by atoms with E-state index in [0.29, 0.717) is 48.1 Å². The molecule has 0 N–H and O–H groups in total. The zero-order valence-corrected chi connectivity index (χ0v) is 15.4. The highest BCUT2D eigenvalue weighted by atomic mass is 79.9. The highest BCUT2D eigenvalue weighted by Crippen LogP contribution is 2.26. The molecule has 0 radical (unpaired) electrons. The van der Waals surface area contributed by atoms with E-state index < -0.39 is 11.9 Å². The summed E-state index contributed by atoms with van der Waals surface area (Å²) in [7, 11) is 2.56. The van der Waals surface area contributed by atoms with Gasteiger partial charge in [-0.05, 0) is 15.9 Å². The Hall–Kier alpha value is -2.20. The zero-order valence-electron chi connectivity index (χ0n) is 13.8. The molecular formula is C15H17BrN4O5. The molecule has 0 spiro atoms. The molecule has 1 fully saturated rings. The molecule has 0 amide bonds. The van der Waals surface area contributed by atoms with Crippen molar-refractivity contribution in [3.63, 3.8) is 0 Å². The lowest BCUT2D eigenvalue weighted by Crippen LogP contribution is -2.37. The molecule has 0 atom stereocenters. The number of ether oxygens (including phenoxy) is 3. The van der Waals surface area contributed by atoms with Gasteiger partial charge in [0.05, 0.1) is 39.5 Å². The summed E-state index contributed by atoms with van der Waals surface area (Å²) in [4.78, 5) is 34.8. The summed E-state index contributed by atoms with van der Waals surface area (Å²) in [5.74, 6) is -0.488. The minimum Gasteiger partial charge on any atom is -0.469 e. The molecular weight excluding hydrogens is 396 g/mol. The number of hydrogen-bond donors (Lipinski definition) is 0. The number of carbonyl (C=O) groups excluding carboxylic acids is 2. The van der Waals surface area contributed by atoms with Crippen LogP contribution in [-0.4, -0.2) is 66.8 Å². The van der Waals surface area contributed by atoms with Gasteiger partial charge in [0.25, 0.3) is 0 Å². The predicted octanol–water partition coefficient (Wildman–Crippen LogP) is 0.831. The number of esters is 2. The Balaban J connectivity index is 2.19. The number of carbonyl (C=O) groups is 2. The standard InChI is InChI=1S/C15H17BrN4O5/c1-23-11(21)7-9-12(15(22)24-2)18-14-13(17-10(16)8-20(9)14)19-3-5-25-6-4-19/h8H,3-7H2,1-2H3. The molecule has 0 aliphatic carbocycles. The highest BCUT2D eigenvalue weighted by molar-refractivity contribution is 9.10. The number of nitrogens with zero attached hydrogens (tertiary/aromatic N) is 4. The van der Waals surface area contributed by atoms with Crippen LogP contribution in [0.15, 0.2) is 10.8 Å². The van der Waals surface area contributed by atoms with Gasteiger partial charge < -0.3 is 19.1 Å². The van der Waals surface area contributed by atoms with E-state index in [0.717, 1.165) is 0 Å². The van der Waals surface area contributed by atoms with Crippen molar-refractivity contribution < 1.29 is 23.8 Å². The van der Waals surface area contributed by atoms with Gasteiger partial charge in [-0.15, -0.1) is 0 Å². The number of aromatic nitrogens is 3. The van der Waals surface area contributed by atoms with Crippen LogP contribution in [0.25, 0.3) is 5.65 Å². The van der Waals surface area contributed by atoms with Gasteiger partial charge in [0.2, 0.25) is 0 Å². The van der Waals surface area contributed by atoms with Crippen LogP contribution in [-0.2, 0) is 25.4 Å². The van der Waals surface area contributed by atoms with Crippen molar-refractivity contribution in [3.8, 4) is 0 Å². The fourth-order valence-corrected chi connectivity index (χ4v) is 3.05. The van der Waals surface area contributed by atoms with Crippen molar-refractivity contribution in [2.75, 3.05) is 45.4 Å². The summed E-state index contributed by atoms with van der Waals surface area (Å²) in [6, 6.07) is 0. The first-order valence-electron chi connectivity index (χ1n) is 7.60. The molecule has 0 aromatic carbocycles. The van der Waals surface area contributed by atoms with Gasteiger partial charge in [-0.1, -0.05) is 0 Å². The minimum atomic E-state index is -0.619. The average molecular weight is 413 g/mol. The number of morpholine rings is 1. The lowest BCUT2D eigenvalue weighted by Gasteiger charge is -2.28. The predicted molar refractivity (Wildman–Crippen MR) is 90.8 cm³/mol. The van der Waals surface area contributed by atoms with E-state index in [1.54, 1.807) is 10.6 Å². The number of halogens is 1. The van der Waals surface area contributed by atoms with Crippen molar-refractivity contribution in [1.29, 1.82) is 0 Å². The van der Waals surface area contributed by atoms with Crippen LogP contribution in [0.2, 0.25) is 0 Å². The summed E-state index contributed by atoms with van der Waals surface area (Å²) >= 11 is 3.38. The lowest BCUT2D eigenvalue weighted by molar-refractivity contribution is -0.139. The highest BCUT2D eigenvalue weighted by Gasteiger charge is 2.26. The Morgan fingerprint density at radius 3 is 2.60 bits per heavy atom. The van der Waals surface area contributed by atoms with Gasteiger partial charge in [-0.25, -0.2) is 14.8 Å². The number of imidazole rings is 1. The first-order chi connectivity index (χ1) is 12.0. The molecule has 3 rings (SSSR count). The zero-order chi connectivity index (χ0) is 18.0. The molecule has 2 aromatic heterocycles. The van der Waals surface area contributed by atoms with Crippen molar-refractivity contribution in [2.45, 2.75) is 6.42 Å². The largest absolute Gasteiger partial charge is 0.469 e. The van der Waals surface area contributed by atoms with Crippen molar-refractivity contribution >= 4 is 39.3 Å². The molecule has 1 aliphatic rings. The van der Waals surface area contributed by atoms with E-state index in [9.17, 15) is 9.59 Å². The third-order valence-electron chi connectivity index (χ3n) is 3.89. The Bertz CT molecular complexity index is 816. The van der Waals surface area contributed by atoms with Crippen LogP contribution in [0.4, 0.5) is 5.82 Å². The van der Waals surface area contributed by atoms with Crippen molar-refractivity contribution in [2.24, 2.45) is 0 Å². The maximum absolute atomic E-state index is 12.1. The van der Waals surface area contributed by atoms with E-state index in [1.807, 2.05) is 4.90 Å². The van der Waals surface area contributed by atoms with Crippen LogP contribution < -0.4 is 4.90 Å². The second kappa shape index (κ2) is 7.36. The molecule has 1 saturated heterocycles. The van der Waals surface area contributed by atoms with Crippen LogP contribution in [0.5, 0.6) is 0 Å². The van der Waals surface area contributed by atoms with E-state index >= 15 is 0 Å². The first-order valence-corrected chi connectivity index (χ1v) is 8.39. The molecule has 2 aromatic rings. The smallest absolute Gasteiger partial charge is 0.358 e. The minimum absolute atomic E-state index is 0.0716. The fourth-order valence-electron chi connectivity index (χ4n) is 2.67.